The molecule has 33 heavy (non-hydrogen) atoms. The number of benzene rings is 2. The highest BCUT2D eigenvalue weighted by molar-refractivity contribution is 7.13. The molecule has 2 atom stereocenters. The number of aryl methyl sites for hydroxylation is 2. The largest absolute Gasteiger partial charge is 0.492 e. The van der Waals surface area contributed by atoms with E-state index in [1.807, 2.05) is 37.3 Å². The van der Waals surface area contributed by atoms with E-state index in [0.29, 0.717) is 24.3 Å². The molecule has 0 N–H and O–H groups in total. The minimum absolute atomic E-state index is 0.577. The molecule has 2 aromatic heterocycles. The van der Waals surface area contributed by atoms with Gasteiger partial charge >= 0.3 is 0 Å². The first-order chi connectivity index (χ1) is 16.1. The fourth-order valence-electron chi connectivity index (χ4n) is 4.91. The molecule has 3 nitrogen and oxygen atoms in total. The summed E-state index contributed by atoms with van der Waals surface area (Å²) in [5, 5.41) is 2.14. The van der Waals surface area contributed by atoms with Crippen molar-refractivity contribution < 1.29 is 9.15 Å². The van der Waals surface area contributed by atoms with E-state index in [1.54, 1.807) is 11.3 Å². The summed E-state index contributed by atoms with van der Waals surface area (Å²) in [6, 6.07) is 19.1. The summed E-state index contributed by atoms with van der Waals surface area (Å²) >= 11 is 1.78. The number of thiophene rings is 1. The fraction of sp³-hybridized carbons (Fsp3) is 0.345. The molecule has 0 radical (unpaired) electrons. The molecule has 0 saturated heterocycles. The standard InChI is InChI=1S/C29H31NO2S/c1-4-19(2)23-13-12-22-17-27(25(18-24(22)23)28-11-8-16-33-28)31-15-14-26-20(3)32-29(30-26)21-9-6-5-7-10-21/h5-11,16-19,23H,4,12-15H2,1-3H3. The fourth-order valence-corrected chi connectivity index (χ4v) is 5.66. The normalized spacial score (nSPS) is 16.0. The van der Waals surface area contributed by atoms with E-state index in [0.717, 1.165) is 35.6 Å². The quantitative estimate of drug-likeness (QED) is 0.268. The number of fused-ring (bicyclic) bond motifs is 1. The Morgan fingerprint density at radius 1 is 1.15 bits per heavy atom. The van der Waals surface area contributed by atoms with Gasteiger partial charge in [0.1, 0.15) is 11.5 Å². The van der Waals surface area contributed by atoms with E-state index >= 15 is 0 Å². The molecule has 0 fully saturated rings. The van der Waals surface area contributed by atoms with Crippen LogP contribution in [0.5, 0.6) is 5.75 Å². The molecule has 4 aromatic rings. The van der Waals surface area contributed by atoms with Crippen LogP contribution in [0, 0.1) is 12.8 Å². The molecule has 0 saturated carbocycles. The topological polar surface area (TPSA) is 35.3 Å². The molecule has 2 aromatic carbocycles. The second-order valence-corrected chi connectivity index (χ2v) is 9.99. The zero-order chi connectivity index (χ0) is 22.8. The highest BCUT2D eigenvalue weighted by Crippen LogP contribution is 2.45. The van der Waals surface area contributed by atoms with Gasteiger partial charge < -0.3 is 9.15 Å². The highest BCUT2D eigenvalue weighted by Gasteiger charge is 2.28. The van der Waals surface area contributed by atoms with Crippen molar-refractivity contribution in [1.29, 1.82) is 0 Å². The molecule has 1 aliphatic carbocycles. The first-order valence-electron chi connectivity index (χ1n) is 12.0. The maximum absolute atomic E-state index is 6.41. The highest BCUT2D eigenvalue weighted by atomic mass is 32.1. The zero-order valence-electron chi connectivity index (χ0n) is 19.6. The second kappa shape index (κ2) is 9.56. The molecule has 4 heteroatoms. The molecule has 1 aliphatic rings. The van der Waals surface area contributed by atoms with Crippen molar-refractivity contribution in [3.8, 4) is 27.6 Å². The van der Waals surface area contributed by atoms with Crippen molar-refractivity contribution in [3.05, 3.63) is 82.6 Å². The smallest absolute Gasteiger partial charge is 0.226 e. The van der Waals surface area contributed by atoms with Gasteiger partial charge in [0.2, 0.25) is 5.89 Å². The monoisotopic (exact) mass is 457 g/mol. The zero-order valence-corrected chi connectivity index (χ0v) is 20.5. The number of ether oxygens (including phenoxy) is 1. The molecule has 2 heterocycles. The van der Waals surface area contributed by atoms with Crippen LogP contribution in [0.4, 0.5) is 0 Å². The molecular weight excluding hydrogens is 426 g/mol. The van der Waals surface area contributed by atoms with Crippen molar-refractivity contribution >= 4 is 11.3 Å². The van der Waals surface area contributed by atoms with Crippen molar-refractivity contribution in [2.24, 2.45) is 5.92 Å². The number of hydrogen-bond acceptors (Lipinski definition) is 4. The summed E-state index contributed by atoms with van der Waals surface area (Å²) in [5.41, 5.74) is 6.17. The van der Waals surface area contributed by atoms with E-state index in [2.05, 4.69) is 43.5 Å². The van der Waals surface area contributed by atoms with Gasteiger partial charge in [0, 0.05) is 22.4 Å². The van der Waals surface area contributed by atoms with Crippen molar-refractivity contribution in [3.63, 3.8) is 0 Å². The average Bonchev–Trinajstić information content (AvgIpc) is 3.59. The van der Waals surface area contributed by atoms with Crippen LogP contribution in [-0.4, -0.2) is 11.6 Å². The SMILES string of the molecule is CCC(C)C1CCc2cc(OCCc3nc(-c4ccccc4)oc3C)c(-c3cccs3)cc21. The Balaban J connectivity index is 1.37. The Labute approximate surface area is 200 Å². The van der Waals surface area contributed by atoms with Gasteiger partial charge in [-0.3, -0.25) is 0 Å². The van der Waals surface area contributed by atoms with Crippen LogP contribution in [0.3, 0.4) is 0 Å². The van der Waals surface area contributed by atoms with E-state index in [1.165, 1.54) is 34.4 Å². The number of oxazole rings is 1. The lowest BCUT2D eigenvalue weighted by Crippen LogP contribution is -2.07. The molecule has 2 unspecified atom stereocenters. The molecule has 0 bridgehead atoms. The van der Waals surface area contributed by atoms with Gasteiger partial charge in [-0.2, -0.15) is 0 Å². The summed E-state index contributed by atoms with van der Waals surface area (Å²) in [4.78, 5) is 6.01. The number of nitrogens with zero attached hydrogens (tertiary/aromatic N) is 1. The van der Waals surface area contributed by atoms with Crippen LogP contribution in [0.2, 0.25) is 0 Å². The van der Waals surface area contributed by atoms with Crippen LogP contribution >= 0.6 is 11.3 Å². The lowest BCUT2D eigenvalue weighted by Gasteiger charge is -2.20. The lowest BCUT2D eigenvalue weighted by atomic mass is 9.86. The van der Waals surface area contributed by atoms with Crippen LogP contribution < -0.4 is 4.74 Å². The molecule has 0 amide bonds. The Bertz CT molecular complexity index is 1210. The second-order valence-electron chi connectivity index (χ2n) is 9.04. The van der Waals surface area contributed by atoms with E-state index in [9.17, 15) is 0 Å². The van der Waals surface area contributed by atoms with Gasteiger partial charge in [-0.1, -0.05) is 44.5 Å². The Morgan fingerprint density at radius 3 is 2.76 bits per heavy atom. The van der Waals surface area contributed by atoms with Crippen molar-refractivity contribution in [2.45, 2.75) is 52.4 Å². The summed E-state index contributed by atoms with van der Waals surface area (Å²) in [6.07, 6.45) is 4.34. The van der Waals surface area contributed by atoms with Crippen LogP contribution in [0.15, 0.2) is 64.4 Å². The van der Waals surface area contributed by atoms with Gasteiger partial charge in [0.05, 0.1) is 12.3 Å². The molecule has 0 aliphatic heterocycles. The Morgan fingerprint density at radius 2 is 2.00 bits per heavy atom. The van der Waals surface area contributed by atoms with Gasteiger partial charge in [-0.15, -0.1) is 11.3 Å². The maximum atomic E-state index is 6.41. The Hall–Kier alpha value is -2.85. The van der Waals surface area contributed by atoms with Crippen LogP contribution in [0.1, 0.15) is 55.2 Å². The van der Waals surface area contributed by atoms with Gasteiger partial charge in [-0.05, 0) is 78.4 Å². The van der Waals surface area contributed by atoms with E-state index < -0.39 is 0 Å². The summed E-state index contributed by atoms with van der Waals surface area (Å²) in [7, 11) is 0. The lowest BCUT2D eigenvalue weighted by molar-refractivity contribution is 0.321. The number of hydrogen-bond donors (Lipinski definition) is 0. The molecule has 0 spiro atoms. The van der Waals surface area contributed by atoms with Gasteiger partial charge in [0.15, 0.2) is 0 Å². The molecular formula is C29H31NO2S. The first-order valence-corrected chi connectivity index (χ1v) is 12.9. The summed E-state index contributed by atoms with van der Waals surface area (Å²) in [6.45, 7) is 7.25. The van der Waals surface area contributed by atoms with Gasteiger partial charge in [0.25, 0.3) is 0 Å². The van der Waals surface area contributed by atoms with Crippen LogP contribution in [-0.2, 0) is 12.8 Å². The number of aromatic nitrogens is 1. The third kappa shape index (κ3) is 4.49. The third-order valence-electron chi connectivity index (χ3n) is 6.99. The first kappa shape index (κ1) is 22.0. The third-order valence-corrected chi connectivity index (χ3v) is 7.90. The molecule has 170 valence electrons. The van der Waals surface area contributed by atoms with E-state index in [4.69, 9.17) is 14.1 Å². The predicted molar refractivity (Wildman–Crippen MR) is 136 cm³/mol. The van der Waals surface area contributed by atoms with Crippen LogP contribution in [0.25, 0.3) is 21.9 Å². The van der Waals surface area contributed by atoms with Gasteiger partial charge in [-0.25, -0.2) is 4.98 Å². The van der Waals surface area contributed by atoms with E-state index in [-0.39, 0.29) is 0 Å². The Kier molecular flexibility index (Phi) is 6.37. The maximum Gasteiger partial charge on any atom is 0.226 e. The van der Waals surface area contributed by atoms with Crippen molar-refractivity contribution in [2.75, 3.05) is 6.61 Å². The minimum atomic E-state index is 0.577. The van der Waals surface area contributed by atoms with Crippen molar-refractivity contribution in [1.82, 2.24) is 4.98 Å². The number of rotatable bonds is 8. The average molecular weight is 458 g/mol. The minimum Gasteiger partial charge on any atom is -0.492 e. The summed E-state index contributed by atoms with van der Waals surface area (Å²) in [5.74, 6) is 3.90. The molecule has 5 rings (SSSR count). The predicted octanol–water partition coefficient (Wildman–Crippen LogP) is 8.08. The summed E-state index contributed by atoms with van der Waals surface area (Å²) < 4.78 is 12.3.